The fourth-order valence-electron chi connectivity index (χ4n) is 4.40. The van der Waals surface area contributed by atoms with E-state index in [0.717, 1.165) is 45.4 Å². The van der Waals surface area contributed by atoms with E-state index in [1.165, 1.54) is 5.56 Å². The Morgan fingerprint density at radius 3 is 2.49 bits per heavy atom. The number of anilines is 1. The molecule has 0 fully saturated rings. The van der Waals surface area contributed by atoms with Crippen molar-refractivity contribution in [2.24, 2.45) is 0 Å². The van der Waals surface area contributed by atoms with Crippen LogP contribution < -0.4 is 10.9 Å². The Hall–Kier alpha value is -4.65. The van der Waals surface area contributed by atoms with E-state index in [1.807, 2.05) is 43.0 Å². The fourth-order valence-corrected chi connectivity index (χ4v) is 4.40. The number of aromatic nitrogens is 5. The Morgan fingerprint density at radius 1 is 0.829 bits per heavy atom. The van der Waals surface area contributed by atoms with Crippen LogP contribution in [0.15, 0.2) is 103 Å². The third-order valence-corrected chi connectivity index (χ3v) is 6.24. The first-order chi connectivity index (χ1) is 17.2. The van der Waals surface area contributed by atoms with Gasteiger partial charge in [-0.15, -0.1) is 0 Å². The summed E-state index contributed by atoms with van der Waals surface area (Å²) in [5.41, 5.74) is 5.43. The third-order valence-electron chi connectivity index (χ3n) is 6.24. The molecule has 2 N–H and O–H groups in total. The molecule has 0 spiro atoms. The van der Waals surface area contributed by atoms with E-state index in [-0.39, 0.29) is 5.56 Å². The molecule has 0 aliphatic heterocycles. The van der Waals surface area contributed by atoms with Gasteiger partial charge < -0.3 is 19.4 Å². The lowest BCUT2D eigenvalue weighted by atomic mass is 10.1. The molecule has 7 heteroatoms. The molecule has 172 valence electrons. The number of hydrogen-bond donors (Lipinski definition) is 2. The van der Waals surface area contributed by atoms with Gasteiger partial charge in [0.05, 0.1) is 12.1 Å². The fraction of sp³-hybridized carbons (Fsp3) is 0.107. The molecule has 0 bridgehead atoms. The molecule has 0 aliphatic rings. The predicted molar refractivity (Wildman–Crippen MR) is 139 cm³/mol. The summed E-state index contributed by atoms with van der Waals surface area (Å²) in [5.74, 6) is 0.860. The Labute approximate surface area is 201 Å². The molecule has 0 radical (unpaired) electrons. The lowest BCUT2D eigenvalue weighted by molar-refractivity contribution is 0.758. The number of aromatic amines is 1. The second kappa shape index (κ2) is 8.95. The highest BCUT2D eigenvalue weighted by molar-refractivity contribution is 5.90. The summed E-state index contributed by atoms with van der Waals surface area (Å²) in [4.78, 5) is 24.1. The van der Waals surface area contributed by atoms with Crippen LogP contribution in [0.3, 0.4) is 0 Å². The minimum atomic E-state index is 0.00898. The molecule has 0 amide bonds. The number of H-pyrrole nitrogens is 1. The van der Waals surface area contributed by atoms with Crippen molar-refractivity contribution in [3.05, 3.63) is 125 Å². The highest BCUT2D eigenvalue weighted by atomic mass is 16.1. The van der Waals surface area contributed by atoms with E-state index >= 15 is 0 Å². The van der Waals surface area contributed by atoms with Crippen molar-refractivity contribution in [2.45, 2.75) is 19.6 Å². The van der Waals surface area contributed by atoms with E-state index in [4.69, 9.17) is 0 Å². The largest absolute Gasteiger partial charge is 0.365 e. The topological polar surface area (TPSA) is 80.5 Å². The van der Waals surface area contributed by atoms with Crippen LogP contribution >= 0.6 is 0 Å². The quantitative estimate of drug-likeness (QED) is 0.359. The summed E-state index contributed by atoms with van der Waals surface area (Å²) in [5, 5.41) is 5.66. The second-order valence-electron chi connectivity index (χ2n) is 8.63. The Morgan fingerprint density at radius 2 is 1.66 bits per heavy atom. The number of hydrogen-bond acceptors (Lipinski definition) is 4. The van der Waals surface area contributed by atoms with E-state index < -0.39 is 0 Å². The van der Waals surface area contributed by atoms with Crippen LogP contribution in [-0.4, -0.2) is 24.1 Å². The first-order valence-electron chi connectivity index (χ1n) is 11.6. The van der Waals surface area contributed by atoms with Crippen molar-refractivity contribution in [1.82, 2.24) is 24.1 Å². The zero-order valence-electron chi connectivity index (χ0n) is 19.1. The van der Waals surface area contributed by atoms with Crippen LogP contribution in [0.1, 0.15) is 16.7 Å². The number of rotatable bonds is 7. The Balaban J connectivity index is 1.17. The van der Waals surface area contributed by atoms with Crippen molar-refractivity contribution in [3.8, 4) is 0 Å². The molecule has 0 aliphatic carbocycles. The predicted octanol–water partition coefficient (Wildman–Crippen LogP) is 4.78. The van der Waals surface area contributed by atoms with Gasteiger partial charge in [-0.2, -0.15) is 0 Å². The SMILES string of the molecule is O=c1ccccn1Cc1ccc(Cn2ccc3c(NCc4cnc5[nH]ccc5c4)nccc32)cc1. The molecule has 5 aromatic heterocycles. The van der Waals surface area contributed by atoms with Crippen molar-refractivity contribution >= 4 is 27.8 Å². The number of nitrogens with one attached hydrogen (secondary N) is 2. The summed E-state index contributed by atoms with van der Waals surface area (Å²) in [6, 6.07) is 22.0. The molecule has 7 nitrogen and oxygen atoms in total. The van der Waals surface area contributed by atoms with Gasteiger partial charge in [0, 0.05) is 60.9 Å². The van der Waals surface area contributed by atoms with E-state index in [1.54, 1.807) is 16.7 Å². The maximum absolute atomic E-state index is 12.0. The first kappa shape index (κ1) is 20.9. The Kier molecular flexibility index (Phi) is 5.35. The lowest BCUT2D eigenvalue weighted by Gasteiger charge is -2.10. The summed E-state index contributed by atoms with van der Waals surface area (Å²) >= 11 is 0. The van der Waals surface area contributed by atoms with Gasteiger partial charge in [0.25, 0.3) is 5.56 Å². The summed E-state index contributed by atoms with van der Waals surface area (Å²) in [6.07, 6.45) is 9.54. The van der Waals surface area contributed by atoms with Gasteiger partial charge in [-0.25, -0.2) is 9.97 Å². The summed E-state index contributed by atoms with van der Waals surface area (Å²) in [6.45, 7) is 1.98. The zero-order valence-corrected chi connectivity index (χ0v) is 19.1. The van der Waals surface area contributed by atoms with Gasteiger partial charge in [-0.05, 0) is 47.0 Å². The molecule has 1 aromatic carbocycles. The normalized spacial score (nSPS) is 11.3. The van der Waals surface area contributed by atoms with Crippen LogP contribution in [0.2, 0.25) is 0 Å². The minimum Gasteiger partial charge on any atom is -0.365 e. The van der Waals surface area contributed by atoms with Gasteiger partial charge in [-0.1, -0.05) is 30.3 Å². The van der Waals surface area contributed by atoms with Crippen LogP contribution in [0.4, 0.5) is 5.82 Å². The van der Waals surface area contributed by atoms with Gasteiger partial charge in [0.15, 0.2) is 0 Å². The minimum absolute atomic E-state index is 0.00898. The molecule has 6 aromatic rings. The first-order valence-corrected chi connectivity index (χ1v) is 11.6. The van der Waals surface area contributed by atoms with Crippen molar-refractivity contribution in [2.75, 3.05) is 5.32 Å². The molecular weight excluding hydrogens is 436 g/mol. The standard InChI is InChI=1S/C28H24N6O/c35-26-3-1-2-13-34(26)19-21-6-4-20(5-7-21)18-33-14-10-24-25(33)9-12-30-28(24)32-17-22-15-23-8-11-29-27(23)31-16-22/h1-16H,17-19H2,(H,29,31)(H,30,32). The molecule has 0 unspecified atom stereocenters. The van der Waals surface area contributed by atoms with Crippen LogP contribution in [-0.2, 0) is 19.6 Å². The average molecular weight is 461 g/mol. The second-order valence-corrected chi connectivity index (χ2v) is 8.63. The van der Waals surface area contributed by atoms with Crippen molar-refractivity contribution < 1.29 is 0 Å². The molecular formula is C28H24N6O. The maximum Gasteiger partial charge on any atom is 0.250 e. The van der Waals surface area contributed by atoms with Crippen LogP contribution in [0, 0.1) is 0 Å². The molecule has 5 heterocycles. The van der Waals surface area contributed by atoms with Gasteiger partial charge in [0.2, 0.25) is 0 Å². The highest BCUT2D eigenvalue weighted by Gasteiger charge is 2.08. The van der Waals surface area contributed by atoms with Crippen LogP contribution in [0.25, 0.3) is 21.9 Å². The molecule has 0 atom stereocenters. The van der Waals surface area contributed by atoms with Crippen LogP contribution in [0.5, 0.6) is 0 Å². The smallest absolute Gasteiger partial charge is 0.250 e. The zero-order chi connectivity index (χ0) is 23.6. The van der Waals surface area contributed by atoms with Gasteiger partial charge in [-0.3, -0.25) is 4.79 Å². The van der Waals surface area contributed by atoms with E-state index in [2.05, 4.69) is 67.4 Å². The molecule has 35 heavy (non-hydrogen) atoms. The number of nitrogens with zero attached hydrogens (tertiary/aromatic N) is 4. The summed E-state index contributed by atoms with van der Waals surface area (Å²) in [7, 11) is 0. The number of fused-ring (bicyclic) bond motifs is 2. The molecule has 6 rings (SSSR count). The third kappa shape index (κ3) is 4.31. The average Bonchev–Trinajstić information content (AvgIpc) is 3.52. The number of benzene rings is 1. The van der Waals surface area contributed by atoms with Gasteiger partial charge in [0.1, 0.15) is 11.5 Å². The summed E-state index contributed by atoms with van der Waals surface area (Å²) < 4.78 is 3.94. The maximum atomic E-state index is 12.0. The Bertz CT molecular complexity index is 1680. The van der Waals surface area contributed by atoms with Crippen molar-refractivity contribution in [3.63, 3.8) is 0 Å². The molecule has 0 saturated heterocycles. The lowest BCUT2D eigenvalue weighted by Crippen LogP contribution is -2.18. The van der Waals surface area contributed by atoms with Gasteiger partial charge >= 0.3 is 0 Å². The monoisotopic (exact) mass is 460 g/mol. The van der Waals surface area contributed by atoms with E-state index in [9.17, 15) is 4.79 Å². The van der Waals surface area contributed by atoms with E-state index in [0.29, 0.717) is 13.1 Å². The van der Waals surface area contributed by atoms with Crippen molar-refractivity contribution in [1.29, 1.82) is 0 Å². The number of pyridine rings is 3. The molecule has 0 saturated carbocycles. The highest BCUT2D eigenvalue weighted by Crippen LogP contribution is 2.24.